The Morgan fingerprint density at radius 1 is 1.00 bits per heavy atom. The summed E-state index contributed by atoms with van der Waals surface area (Å²) in [6.45, 7) is 7.77. The molecule has 0 radical (unpaired) electrons. The van der Waals surface area contributed by atoms with Crippen molar-refractivity contribution in [2.75, 3.05) is 11.5 Å². The van der Waals surface area contributed by atoms with E-state index in [0.29, 0.717) is 11.7 Å². The second-order valence-corrected chi connectivity index (χ2v) is 9.08. The van der Waals surface area contributed by atoms with Crippen LogP contribution in [0, 0.1) is 13.8 Å². The van der Waals surface area contributed by atoms with Crippen molar-refractivity contribution < 1.29 is 4.74 Å². The number of thiocarbonyl (C=S) groups is 1. The largest absolute Gasteiger partial charge is 0.494 e. The SMILES string of the molecule is CCOc1ccc(N2C(=S)N[C@H](c3ccccn3)[C@H]2c2cc(C)n(Cc3ccncc3)c2C)cc1. The summed E-state index contributed by atoms with van der Waals surface area (Å²) in [4.78, 5) is 11.1. The summed E-state index contributed by atoms with van der Waals surface area (Å²) in [6.07, 6.45) is 5.52. The van der Waals surface area contributed by atoms with E-state index in [2.05, 4.69) is 75.0 Å². The highest BCUT2D eigenvalue weighted by Gasteiger charge is 2.42. The Hall–Kier alpha value is -3.71. The minimum atomic E-state index is -0.0786. The fraction of sp³-hybridized carbons (Fsp3) is 0.250. The van der Waals surface area contributed by atoms with Gasteiger partial charge in [-0.15, -0.1) is 0 Å². The molecule has 3 aromatic heterocycles. The minimum Gasteiger partial charge on any atom is -0.494 e. The molecule has 2 atom stereocenters. The summed E-state index contributed by atoms with van der Waals surface area (Å²) < 4.78 is 8.02. The molecule has 7 heteroatoms. The number of rotatable bonds is 7. The molecule has 0 unspecified atom stereocenters. The van der Waals surface area contributed by atoms with Crippen molar-refractivity contribution in [3.8, 4) is 5.75 Å². The quantitative estimate of drug-likeness (QED) is 0.350. The van der Waals surface area contributed by atoms with Crippen molar-refractivity contribution in [2.24, 2.45) is 0 Å². The van der Waals surface area contributed by atoms with Crippen LogP contribution in [0.2, 0.25) is 0 Å². The van der Waals surface area contributed by atoms with E-state index in [1.54, 1.807) is 0 Å². The molecule has 178 valence electrons. The monoisotopic (exact) mass is 483 g/mol. The number of nitrogens with one attached hydrogen (secondary N) is 1. The van der Waals surface area contributed by atoms with E-state index in [1.807, 2.05) is 49.8 Å². The Morgan fingerprint density at radius 2 is 1.77 bits per heavy atom. The van der Waals surface area contributed by atoms with E-state index in [0.717, 1.165) is 23.7 Å². The first kappa shape index (κ1) is 23.1. The maximum Gasteiger partial charge on any atom is 0.174 e. The van der Waals surface area contributed by atoms with Crippen LogP contribution in [-0.4, -0.2) is 26.3 Å². The van der Waals surface area contributed by atoms with Crippen LogP contribution in [-0.2, 0) is 6.54 Å². The van der Waals surface area contributed by atoms with Gasteiger partial charge in [-0.1, -0.05) is 6.07 Å². The van der Waals surface area contributed by atoms with Gasteiger partial charge in [0, 0.05) is 42.2 Å². The molecule has 1 aliphatic heterocycles. The third kappa shape index (κ3) is 4.51. The van der Waals surface area contributed by atoms with Crippen molar-refractivity contribution in [3.63, 3.8) is 0 Å². The van der Waals surface area contributed by atoms with Crippen LogP contribution in [0.3, 0.4) is 0 Å². The van der Waals surface area contributed by atoms with E-state index in [4.69, 9.17) is 17.0 Å². The molecule has 1 aromatic carbocycles. The number of benzene rings is 1. The molecule has 0 aliphatic carbocycles. The molecule has 0 amide bonds. The average molecular weight is 484 g/mol. The molecule has 1 N–H and O–H groups in total. The summed E-state index contributed by atoms with van der Waals surface area (Å²) in [5.41, 5.74) is 6.86. The smallest absolute Gasteiger partial charge is 0.174 e. The molecular weight excluding hydrogens is 454 g/mol. The third-order valence-corrected chi connectivity index (χ3v) is 6.86. The molecule has 0 bridgehead atoms. The fourth-order valence-corrected chi connectivity index (χ4v) is 5.21. The number of ether oxygens (including phenoxy) is 1. The number of aromatic nitrogens is 3. The summed E-state index contributed by atoms with van der Waals surface area (Å²) in [7, 11) is 0. The molecule has 5 rings (SSSR count). The Bertz CT molecular complexity index is 1300. The zero-order valence-corrected chi connectivity index (χ0v) is 21.0. The summed E-state index contributed by atoms with van der Waals surface area (Å²) in [5, 5.41) is 4.25. The second kappa shape index (κ2) is 9.88. The number of anilines is 1. The van der Waals surface area contributed by atoms with Crippen molar-refractivity contribution in [1.82, 2.24) is 19.9 Å². The minimum absolute atomic E-state index is 0.0484. The molecule has 1 fully saturated rings. The van der Waals surface area contributed by atoms with Crippen LogP contribution >= 0.6 is 12.2 Å². The van der Waals surface area contributed by atoms with E-state index in [9.17, 15) is 0 Å². The number of aryl methyl sites for hydroxylation is 1. The number of nitrogens with zero attached hydrogens (tertiary/aromatic N) is 4. The lowest BCUT2D eigenvalue weighted by Gasteiger charge is -2.28. The topological polar surface area (TPSA) is 55.2 Å². The van der Waals surface area contributed by atoms with E-state index >= 15 is 0 Å². The Balaban J connectivity index is 1.59. The van der Waals surface area contributed by atoms with E-state index < -0.39 is 0 Å². The average Bonchev–Trinajstić information content (AvgIpc) is 3.37. The predicted molar refractivity (Wildman–Crippen MR) is 143 cm³/mol. The van der Waals surface area contributed by atoms with Crippen LogP contribution in [0.5, 0.6) is 5.75 Å². The van der Waals surface area contributed by atoms with Crippen LogP contribution in [0.25, 0.3) is 0 Å². The molecule has 1 saturated heterocycles. The summed E-state index contributed by atoms with van der Waals surface area (Å²) >= 11 is 5.89. The molecule has 4 aromatic rings. The predicted octanol–water partition coefficient (Wildman–Crippen LogP) is 5.52. The highest BCUT2D eigenvalue weighted by Crippen LogP contribution is 2.43. The van der Waals surface area contributed by atoms with Gasteiger partial charge in [-0.3, -0.25) is 9.97 Å². The van der Waals surface area contributed by atoms with Gasteiger partial charge in [-0.05, 0) is 98.7 Å². The van der Waals surface area contributed by atoms with Gasteiger partial charge in [0.05, 0.1) is 24.4 Å². The van der Waals surface area contributed by atoms with Gasteiger partial charge < -0.3 is 19.5 Å². The first-order valence-electron chi connectivity index (χ1n) is 11.9. The normalized spacial score (nSPS) is 17.5. The number of hydrogen-bond donors (Lipinski definition) is 1. The molecule has 1 aliphatic rings. The van der Waals surface area contributed by atoms with Gasteiger partial charge in [0.25, 0.3) is 0 Å². The van der Waals surface area contributed by atoms with Crippen LogP contribution in [0.15, 0.2) is 79.3 Å². The van der Waals surface area contributed by atoms with E-state index in [-0.39, 0.29) is 12.1 Å². The van der Waals surface area contributed by atoms with Crippen molar-refractivity contribution >= 4 is 23.0 Å². The maximum atomic E-state index is 5.89. The fourth-order valence-electron chi connectivity index (χ4n) is 4.86. The zero-order chi connectivity index (χ0) is 24.4. The molecule has 4 heterocycles. The molecule has 6 nitrogen and oxygen atoms in total. The molecular formula is C28H29N5OS. The highest BCUT2D eigenvalue weighted by molar-refractivity contribution is 7.80. The van der Waals surface area contributed by atoms with Crippen molar-refractivity contribution in [2.45, 2.75) is 39.4 Å². The molecule has 35 heavy (non-hydrogen) atoms. The van der Waals surface area contributed by atoms with E-state index in [1.165, 1.54) is 22.5 Å². The molecule has 0 spiro atoms. The lowest BCUT2D eigenvalue weighted by Crippen LogP contribution is -2.29. The summed E-state index contributed by atoms with van der Waals surface area (Å²) in [6, 6.07) is 20.5. The van der Waals surface area contributed by atoms with Gasteiger partial charge in [-0.25, -0.2) is 0 Å². The lowest BCUT2D eigenvalue weighted by atomic mass is 9.96. The molecule has 0 saturated carbocycles. The van der Waals surface area contributed by atoms with Crippen LogP contribution in [0.4, 0.5) is 5.69 Å². The van der Waals surface area contributed by atoms with Crippen molar-refractivity contribution in [1.29, 1.82) is 0 Å². The van der Waals surface area contributed by atoms with Crippen LogP contribution in [0.1, 0.15) is 47.2 Å². The Morgan fingerprint density at radius 3 is 2.46 bits per heavy atom. The Labute approximate surface area is 211 Å². The standard InChI is InChI=1S/C28H29N5OS/c1-4-34-23-10-8-22(9-11-23)33-27(26(31-28(33)35)25-7-5-6-14-30-25)24-17-19(2)32(20(24)3)18-21-12-15-29-16-13-21/h5-17,26-27H,4,18H2,1-3H3,(H,31,35)/t26-,27-/m1/s1. The summed E-state index contributed by atoms with van der Waals surface area (Å²) in [5.74, 6) is 0.850. The van der Waals surface area contributed by atoms with Gasteiger partial charge in [-0.2, -0.15) is 0 Å². The Kier molecular flexibility index (Phi) is 6.51. The van der Waals surface area contributed by atoms with Crippen LogP contribution < -0.4 is 15.0 Å². The second-order valence-electron chi connectivity index (χ2n) is 8.69. The van der Waals surface area contributed by atoms with Gasteiger partial charge >= 0.3 is 0 Å². The van der Waals surface area contributed by atoms with Gasteiger partial charge in [0.2, 0.25) is 0 Å². The van der Waals surface area contributed by atoms with Crippen molar-refractivity contribution in [3.05, 3.63) is 107 Å². The van der Waals surface area contributed by atoms with Gasteiger partial charge in [0.1, 0.15) is 5.75 Å². The first-order chi connectivity index (χ1) is 17.1. The van der Waals surface area contributed by atoms with Gasteiger partial charge in [0.15, 0.2) is 5.11 Å². The number of pyridine rings is 2. The third-order valence-electron chi connectivity index (χ3n) is 6.55. The highest BCUT2D eigenvalue weighted by atomic mass is 32.1. The zero-order valence-electron chi connectivity index (χ0n) is 20.2. The maximum absolute atomic E-state index is 5.89. The first-order valence-corrected chi connectivity index (χ1v) is 12.3. The lowest BCUT2D eigenvalue weighted by molar-refractivity contribution is 0.340. The number of hydrogen-bond acceptors (Lipinski definition) is 4.